The van der Waals surface area contributed by atoms with Crippen molar-refractivity contribution in [2.45, 2.75) is 19.8 Å². The van der Waals surface area contributed by atoms with Gasteiger partial charge in [0, 0.05) is 17.5 Å². The number of hydrogen-bond donors (Lipinski definition) is 1. The second-order valence-corrected chi connectivity index (χ2v) is 4.70. The summed E-state index contributed by atoms with van der Waals surface area (Å²) in [5.74, 6) is -0.197. The highest BCUT2D eigenvalue weighted by Gasteiger charge is 2.11. The maximum Gasteiger partial charge on any atom is 0.303 e. The number of halogens is 1. The number of carbonyl (C=O) groups is 1. The molecular formula is C14H14ClNO3. The minimum Gasteiger partial charge on any atom is -0.494 e. The van der Waals surface area contributed by atoms with Crippen molar-refractivity contribution in [3.63, 3.8) is 0 Å². The molecule has 0 saturated carbocycles. The van der Waals surface area contributed by atoms with E-state index < -0.39 is 5.97 Å². The number of aliphatic carboxylic acids is 1. The summed E-state index contributed by atoms with van der Waals surface area (Å²) in [7, 11) is 1.57. The number of rotatable bonds is 4. The van der Waals surface area contributed by atoms with Crippen LogP contribution in [0.15, 0.2) is 18.2 Å². The summed E-state index contributed by atoms with van der Waals surface area (Å²) in [6.07, 6.45) is 0.447. The third-order valence-corrected chi connectivity index (χ3v) is 3.25. The average Bonchev–Trinajstić information content (AvgIpc) is 2.36. The van der Waals surface area contributed by atoms with Crippen molar-refractivity contribution in [3.8, 4) is 5.75 Å². The van der Waals surface area contributed by atoms with Crippen LogP contribution in [0.25, 0.3) is 10.9 Å². The van der Waals surface area contributed by atoms with Crippen molar-refractivity contribution in [3.05, 3.63) is 34.5 Å². The molecule has 0 aliphatic rings. The fourth-order valence-corrected chi connectivity index (χ4v) is 2.36. The van der Waals surface area contributed by atoms with Gasteiger partial charge in [-0.3, -0.25) is 4.79 Å². The first-order chi connectivity index (χ1) is 9.02. The number of pyridine rings is 1. The lowest BCUT2D eigenvalue weighted by atomic mass is 10.1. The molecule has 0 fully saturated rings. The SMILES string of the molecule is COc1ccc(Cl)c2c(C)cc(CCC(=O)O)nc12. The Morgan fingerprint density at radius 1 is 1.47 bits per heavy atom. The van der Waals surface area contributed by atoms with Gasteiger partial charge in [-0.05, 0) is 30.7 Å². The van der Waals surface area contributed by atoms with E-state index in [9.17, 15) is 4.79 Å². The Labute approximate surface area is 116 Å². The zero-order valence-corrected chi connectivity index (χ0v) is 11.5. The van der Waals surface area contributed by atoms with Crippen LogP contribution in [-0.4, -0.2) is 23.2 Å². The summed E-state index contributed by atoms with van der Waals surface area (Å²) < 4.78 is 5.28. The third kappa shape index (κ3) is 2.79. The molecule has 4 nitrogen and oxygen atoms in total. The smallest absolute Gasteiger partial charge is 0.303 e. The van der Waals surface area contributed by atoms with E-state index in [1.54, 1.807) is 19.2 Å². The minimum atomic E-state index is -0.836. The number of aromatic nitrogens is 1. The topological polar surface area (TPSA) is 59.4 Å². The molecule has 5 heteroatoms. The number of carboxylic acid groups (broad SMARTS) is 1. The van der Waals surface area contributed by atoms with Gasteiger partial charge in [0.1, 0.15) is 11.3 Å². The number of ether oxygens (including phenoxy) is 1. The maximum absolute atomic E-state index is 10.6. The molecule has 0 aliphatic heterocycles. The van der Waals surface area contributed by atoms with Crippen LogP contribution in [0.2, 0.25) is 5.02 Å². The second-order valence-electron chi connectivity index (χ2n) is 4.30. The molecule has 100 valence electrons. The molecule has 0 saturated heterocycles. The molecular weight excluding hydrogens is 266 g/mol. The van der Waals surface area contributed by atoms with Crippen molar-refractivity contribution in [1.82, 2.24) is 4.98 Å². The third-order valence-electron chi connectivity index (χ3n) is 2.94. The van der Waals surface area contributed by atoms with Gasteiger partial charge in [-0.25, -0.2) is 4.98 Å². The van der Waals surface area contributed by atoms with Crippen LogP contribution in [0.4, 0.5) is 0 Å². The second kappa shape index (κ2) is 5.45. The summed E-state index contributed by atoms with van der Waals surface area (Å²) in [5.41, 5.74) is 2.37. The van der Waals surface area contributed by atoms with E-state index in [1.165, 1.54) is 0 Å². The van der Waals surface area contributed by atoms with E-state index in [-0.39, 0.29) is 6.42 Å². The fraction of sp³-hybridized carbons (Fsp3) is 0.286. The van der Waals surface area contributed by atoms with E-state index >= 15 is 0 Å². The average molecular weight is 280 g/mol. The number of nitrogens with zero attached hydrogens (tertiary/aromatic N) is 1. The predicted molar refractivity (Wildman–Crippen MR) is 74.0 cm³/mol. The van der Waals surface area contributed by atoms with Crippen LogP contribution in [0.3, 0.4) is 0 Å². The summed E-state index contributed by atoms with van der Waals surface area (Å²) in [6, 6.07) is 5.41. The molecule has 0 amide bonds. The number of benzene rings is 1. The monoisotopic (exact) mass is 279 g/mol. The van der Waals surface area contributed by atoms with Crippen molar-refractivity contribution < 1.29 is 14.6 Å². The standard InChI is InChI=1S/C14H14ClNO3/c1-8-7-9(3-6-12(17)18)16-14-11(19-2)5-4-10(15)13(8)14/h4-5,7H,3,6H2,1-2H3,(H,17,18). The van der Waals surface area contributed by atoms with Gasteiger partial charge < -0.3 is 9.84 Å². The van der Waals surface area contributed by atoms with Gasteiger partial charge >= 0.3 is 5.97 Å². The van der Waals surface area contributed by atoms with E-state index in [1.807, 2.05) is 13.0 Å². The molecule has 0 atom stereocenters. The first-order valence-corrected chi connectivity index (χ1v) is 6.25. The normalized spacial score (nSPS) is 10.7. The largest absolute Gasteiger partial charge is 0.494 e. The van der Waals surface area contributed by atoms with E-state index in [4.69, 9.17) is 21.4 Å². The quantitative estimate of drug-likeness (QED) is 0.933. The first kappa shape index (κ1) is 13.6. The summed E-state index contributed by atoms with van der Waals surface area (Å²) in [4.78, 5) is 15.1. The first-order valence-electron chi connectivity index (χ1n) is 5.87. The molecule has 2 aromatic rings. The Hall–Kier alpha value is -1.81. The van der Waals surface area contributed by atoms with Gasteiger partial charge in [0.2, 0.25) is 0 Å². The highest BCUT2D eigenvalue weighted by molar-refractivity contribution is 6.35. The van der Waals surface area contributed by atoms with Gasteiger partial charge in [0.15, 0.2) is 0 Å². The highest BCUT2D eigenvalue weighted by Crippen LogP contribution is 2.32. The molecule has 1 aromatic carbocycles. The fourth-order valence-electron chi connectivity index (χ4n) is 2.06. The van der Waals surface area contributed by atoms with Crippen LogP contribution in [0, 0.1) is 6.92 Å². The molecule has 0 unspecified atom stereocenters. The molecule has 0 spiro atoms. The molecule has 0 aliphatic carbocycles. The van der Waals surface area contributed by atoms with E-state index in [0.717, 1.165) is 16.6 Å². The van der Waals surface area contributed by atoms with E-state index in [2.05, 4.69) is 4.98 Å². The molecule has 0 radical (unpaired) electrons. The molecule has 1 heterocycles. The van der Waals surface area contributed by atoms with E-state index in [0.29, 0.717) is 22.7 Å². The van der Waals surface area contributed by atoms with Crippen molar-refractivity contribution in [2.24, 2.45) is 0 Å². The Morgan fingerprint density at radius 2 is 2.21 bits per heavy atom. The van der Waals surface area contributed by atoms with Crippen LogP contribution < -0.4 is 4.74 Å². The lowest BCUT2D eigenvalue weighted by Crippen LogP contribution is -2.01. The number of fused-ring (bicyclic) bond motifs is 1. The van der Waals surface area contributed by atoms with Crippen LogP contribution in [0.5, 0.6) is 5.75 Å². The van der Waals surface area contributed by atoms with Gasteiger partial charge in [0.05, 0.1) is 18.6 Å². The number of methoxy groups -OCH3 is 1. The van der Waals surface area contributed by atoms with Crippen molar-refractivity contribution in [1.29, 1.82) is 0 Å². The maximum atomic E-state index is 10.6. The number of carboxylic acids is 1. The number of aryl methyl sites for hydroxylation is 2. The summed E-state index contributed by atoms with van der Waals surface area (Å²) in [6.45, 7) is 1.93. The Morgan fingerprint density at radius 3 is 2.84 bits per heavy atom. The lowest BCUT2D eigenvalue weighted by molar-refractivity contribution is -0.136. The summed E-state index contributed by atoms with van der Waals surface area (Å²) >= 11 is 6.18. The molecule has 1 aromatic heterocycles. The number of hydrogen-bond acceptors (Lipinski definition) is 3. The molecule has 1 N–H and O–H groups in total. The van der Waals surface area contributed by atoms with Crippen LogP contribution >= 0.6 is 11.6 Å². The summed E-state index contributed by atoms with van der Waals surface area (Å²) in [5, 5.41) is 10.2. The lowest BCUT2D eigenvalue weighted by Gasteiger charge is -2.10. The van der Waals surface area contributed by atoms with Gasteiger partial charge in [-0.1, -0.05) is 11.6 Å². The molecule has 19 heavy (non-hydrogen) atoms. The molecule has 2 rings (SSSR count). The Kier molecular flexibility index (Phi) is 3.90. The van der Waals surface area contributed by atoms with Gasteiger partial charge in [0.25, 0.3) is 0 Å². The Balaban J connectivity index is 2.57. The van der Waals surface area contributed by atoms with Crippen molar-refractivity contribution >= 4 is 28.5 Å². The predicted octanol–water partition coefficient (Wildman–Crippen LogP) is 3.22. The van der Waals surface area contributed by atoms with Gasteiger partial charge in [-0.15, -0.1) is 0 Å². The van der Waals surface area contributed by atoms with Crippen LogP contribution in [0.1, 0.15) is 17.7 Å². The van der Waals surface area contributed by atoms with Crippen molar-refractivity contribution in [2.75, 3.05) is 7.11 Å². The molecule has 0 bridgehead atoms. The highest BCUT2D eigenvalue weighted by atomic mass is 35.5. The van der Waals surface area contributed by atoms with Crippen LogP contribution in [-0.2, 0) is 11.2 Å². The Bertz CT molecular complexity index is 640. The minimum absolute atomic E-state index is 0.0564. The zero-order chi connectivity index (χ0) is 14.0. The zero-order valence-electron chi connectivity index (χ0n) is 10.7. The van der Waals surface area contributed by atoms with Gasteiger partial charge in [-0.2, -0.15) is 0 Å².